The quantitative estimate of drug-likeness (QED) is 0.0956. The zero-order chi connectivity index (χ0) is 73.6. The molecule has 0 radical (unpaired) electrons. The van der Waals surface area contributed by atoms with Crippen molar-refractivity contribution in [1.82, 2.24) is 50.6 Å². The summed E-state index contributed by atoms with van der Waals surface area (Å²) >= 11 is 0. The number of rotatable bonds is 14. The van der Waals surface area contributed by atoms with Gasteiger partial charge in [-0.1, -0.05) is 24.3 Å². The van der Waals surface area contributed by atoms with Gasteiger partial charge in [0.25, 0.3) is 23.6 Å². The number of nitrogens with zero attached hydrogens (tertiary/aromatic N) is 12. The van der Waals surface area contributed by atoms with Crippen LogP contribution in [-0.4, -0.2) is 100.0 Å². The number of nitriles is 2. The Morgan fingerprint density at radius 1 is 0.560 bits per heavy atom. The van der Waals surface area contributed by atoms with E-state index in [9.17, 15) is 56.0 Å². The highest BCUT2D eigenvalue weighted by molar-refractivity contribution is 6.02. The average Bonchev–Trinajstić information content (AvgIpc) is 1.55. The molecule has 0 spiro atoms. The van der Waals surface area contributed by atoms with Gasteiger partial charge in [0.1, 0.15) is 45.8 Å². The van der Waals surface area contributed by atoms with Crippen molar-refractivity contribution in [2.24, 2.45) is 0 Å². The summed E-state index contributed by atoms with van der Waals surface area (Å²) in [6.07, 6.45) is -10.9. The van der Waals surface area contributed by atoms with Gasteiger partial charge in [0.2, 0.25) is 23.6 Å². The average molecular weight is 1410 g/mol. The SMILES string of the molecule is CC(C)(C)OC(=O)NC1CC(F)(F)c2cc(F)c(-c3nnc(C(C)(C)C#N)o3)cc2N(Cc2ccc(-n3cc(OC(F)(F)F)cn3)cc2)C1=O.CC(C)(C)OC(=O)N[C@@H]1CC(F)(F)c2cc(F)c(-c3nnc(C(C)(C)C#N)o3)cc2N(Cc2ccc(-n3cc(OC(F)(F)F)cn3)cc2)C1=O. The highest BCUT2D eigenvalue weighted by atomic mass is 19.4. The van der Waals surface area contributed by atoms with Crippen LogP contribution in [0.5, 0.6) is 11.5 Å². The van der Waals surface area contributed by atoms with Crippen LogP contribution in [-0.2, 0) is 54.8 Å². The molecule has 0 saturated carbocycles. The minimum Gasteiger partial charge on any atom is -0.444 e. The lowest BCUT2D eigenvalue weighted by molar-refractivity contribution is -0.275. The molecule has 6 heterocycles. The minimum absolute atomic E-state index is 0.168. The maximum absolute atomic E-state index is 15.9. The van der Waals surface area contributed by atoms with Crippen LogP contribution in [0.15, 0.2) is 106 Å². The number of nitrogens with one attached hydrogen (secondary N) is 2. The first-order valence-corrected chi connectivity index (χ1v) is 29.7. The largest absolute Gasteiger partial charge is 0.573 e. The highest BCUT2D eigenvalue weighted by Crippen LogP contribution is 2.48. The number of alkyl halides is 10. The van der Waals surface area contributed by atoms with Crippen LogP contribution in [0, 0.1) is 34.3 Å². The molecule has 8 aromatic rings. The number of benzene rings is 4. The van der Waals surface area contributed by atoms with Gasteiger partial charge >= 0.3 is 24.9 Å². The van der Waals surface area contributed by atoms with Crippen LogP contribution in [0.2, 0.25) is 0 Å². The molecular weight excluding hydrogens is 1350 g/mol. The number of hydrogen-bond acceptors (Lipinski definition) is 18. The van der Waals surface area contributed by atoms with Gasteiger partial charge in [0, 0.05) is 24.0 Å². The molecule has 1 unspecified atom stereocenters. The van der Waals surface area contributed by atoms with Crippen LogP contribution in [0.4, 0.5) is 73.6 Å². The fourth-order valence-electron chi connectivity index (χ4n) is 9.86. The Kier molecular flexibility index (Phi) is 19.7. The molecule has 4 aromatic carbocycles. The lowest BCUT2D eigenvalue weighted by atomic mass is 9.96. The number of ether oxygens (including phenoxy) is 4. The van der Waals surface area contributed by atoms with Crippen molar-refractivity contribution >= 4 is 35.4 Å². The molecule has 0 saturated heterocycles. The fourth-order valence-corrected chi connectivity index (χ4v) is 9.86. The molecule has 24 nitrogen and oxygen atoms in total. The molecule has 100 heavy (non-hydrogen) atoms. The first-order chi connectivity index (χ1) is 46.3. The van der Waals surface area contributed by atoms with E-state index in [0.717, 1.165) is 56.1 Å². The van der Waals surface area contributed by atoms with Gasteiger partial charge in [0.05, 0.1) is 83.9 Å². The molecule has 2 atom stereocenters. The lowest BCUT2D eigenvalue weighted by Crippen LogP contribution is -2.49. The summed E-state index contributed by atoms with van der Waals surface area (Å²) in [5.74, 6) is -14.4. The number of fused-ring (bicyclic) bond motifs is 2. The van der Waals surface area contributed by atoms with Gasteiger partial charge in [0.15, 0.2) is 11.5 Å². The summed E-state index contributed by atoms with van der Waals surface area (Å²) in [5, 5.41) is 46.1. The zero-order valence-electron chi connectivity index (χ0n) is 54.2. The van der Waals surface area contributed by atoms with Crippen molar-refractivity contribution in [3.05, 3.63) is 143 Å². The highest BCUT2D eigenvalue weighted by Gasteiger charge is 2.49. The Bertz CT molecular complexity index is 4200. The predicted octanol–water partition coefficient (Wildman–Crippen LogP) is 13.4. The molecule has 10 rings (SSSR count). The molecule has 2 N–H and O–H groups in total. The molecule has 2 aliphatic rings. The lowest BCUT2D eigenvalue weighted by Gasteiger charge is -2.27. The third-order valence-corrected chi connectivity index (χ3v) is 14.6. The maximum atomic E-state index is 15.9. The van der Waals surface area contributed by atoms with Crippen LogP contribution in [0.3, 0.4) is 0 Å². The summed E-state index contributed by atoms with van der Waals surface area (Å²) in [7, 11) is 0. The Labute approximate surface area is 559 Å². The molecule has 4 aromatic heterocycles. The van der Waals surface area contributed by atoms with E-state index in [2.05, 4.69) is 50.7 Å². The number of hydrogen-bond donors (Lipinski definition) is 2. The predicted molar refractivity (Wildman–Crippen MR) is 323 cm³/mol. The van der Waals surface area contributed by atoms with E-state index in [1.807, 2.05) is 12.1 Å². The van der Waals surface area contributed by atoms with Gasteiger partial charge in [-0.15, -0.1) is 46.7 Å². The second-order valence-corrected chi connectivity index (χ2v) is 25.7. The van der Waals surface area contributed by atoms with E-state index in [1.165, 1.54) is 76.2 Å². The van der Waals surface area contributed by atoms with Crippen molar-refractivity contribution in [2.75, 3.05) is 9.80 Å². The van der Waals surface area contributed by atoms with E-state index in [0.29, 0.717) is 34.6 Å². The summed E-state index contributed by atoms with van der Waals surface area (Å²) in [6, 6.07) is 14.9. The molecule has 2 aliphatic heterocycles. The first-order valence-electron chi connectivity index (χ1n) is 29.7. The van der Waals surface area contributed by atoms with E-state index in [-0.39, 0.29) is 11.8 Å². The van der Waals surface area contributed by atoms with Crippen molar-refractivity contribution in [1.29, 1.82) is 10.5 Å². The van der Waals surface area contributed by atoms with E-state index >= 15 is 26.3 Å². The van der Waals surface area contributed by atoms with Gasteiger partial charge in [-0.05, 0) is 129 Å². The third-order valence-electron chi connectivity index (χ3n) is 14.6. The Hall–Kier alpha value is -11.2. The van der Waals surface area contributed by atoms with Gasteiger partial charge in [-0.25, -0.2) is 45.3 Å². The molecular formula is C64H58F12N14O10. The van der Waals surface area contributed by atoms with Crippen molar-refractivity contribution in [3.63, 3.8) is 0 Å². The number of carbonyl (C=O) groups excluding carboxylic acids is 4. The number of amides is 4. The van der Waals surface area contributed by atoms with Gasteiger partial charge < -0.3 is 48.2 Å². The summed E-state index contributed by atoms with van der Waals surface area (Å²) < 4.78 is 202. The Morgan fingerprint density at radius 2 is 0.900 bits per heavy atom. The zero-order valence-corrected chi connectivity index (χ0v) is 54.2. The molecule has 36 heteroatoms. The first kappa shape index (κ1) is 73.1. The second-order valence-electron chi connectivity index (χ2n) is 25.7. The molecule has 4 amide bonds. The number of aromatic nitrogens is 8. The van der Waals surface area contributed by atoms with Gasteiger partial charge in [-0.2, -0.15) is 20.7 Å². The topological polar surface area (TPSA) is 297 Å². The summed E-state index contributed by atoms with van der Waals surface area (Å²) in [4.78, 5) is 55.2. The summed E-state index contributed by atoms with van der Waals surface area (Å²) in [5.41, 5.74) is -6.80. The molecule has 0 aliphatic carbocycles. The van der Waals surface area contributed by atoms with E-state index in [1.54, 1.807) is 41.5 Å². The van der Waals surface area contributed by atoms with E-state index in [4.69, 9.17) is 18.3 Å². The van der Waals surface area contributed by atoms with E-state index < -0.39 is 177 Å². The standard InChI is InChI=1S/2C32H29F6N7O5/c2*1-29(2,3)50-28(47)41-23-12-31(34,35)21-11-22(33)20(25-42-43-27(48-25)30(4,5)16-39)10-24(21)44(26(23)46)14-17-6-8-18(9-7-17)45-15-19(13-40-45)49-32(36,37)38/h2*6-11,13,15,23H,12,14H2,1-5H3,(H,41,47)/t23-;/m1./s1. The number of anilines is 2. The third kappa shape index (κ3) is 17.2. The Balaban J connectivity index is 0.000000233. The maximum Gasteiger partial charge on any atom is 0.573 e. The van der Waals surface area contributed by atoms with Gasteiger partial charge in [-0.3, -0.25) is 9.59 Å². The monoisotopic (exact) mass is 1410 g/mol. The fraction of sp³-hybridized carbons (Fsp3) is 0.375. The van der Waals surface area contributed by atoms with Crippen molar-refractivity contribution < 1.29 is 99.6 Å². The van der Waals surface area contributed by atoms with Crippen molar-refractivity contribution in [2.45, 2.75) is 154 Å². The Morgan fingerprint density at radius 3 is 1.21 bits per heavy atom. The van der Waals surface area contributed by atoms with Crippen LogP contribution < -0.4 is 29.9 Å². The normalized spacial score (nSPS) is 16.3. The number of halogens is 12. The summed E-state index contributed by atoms with van der Waals surface area (Å²) in [6.45, 7) is 14.4. The number of carbonyl (C=O) groups is 4. The smallest absolute Gasteiger partial charge is 0.444 e. The number of alkyl carbamates (subject to hydrolysis) is 2. The molecule has 528 valence electrons. The minimum atomic E-state index is -4.93. The molecule has 0 fully saturated rings. The van der Waals surface area contributed by atoms with Crippen LogP contribution in [0.25, 0.3) is 34.3 Å². The van der Waals surface area contributed by atoms with Crippen LogP contribution in [0.1, 0.15) is 116 Å². The van der Waals surface area contributed by atoms with Crippen LogP contribution >= 0.6 is 0 Å². The van der Waals surface area contributed by atoms with Crippen molar-refractivity contribution in [3.8, 4) is 57.9 Å². The molecule has 0 bridgehead atoms. The second kappa shape index (κ2) is 26.9.